The fraction of sp³-hybridized carbons (Fsp3) is 0.333. The maximum absolute atomic E-state index is 12.6. The quantitative estimate of drug-likeness (QED) is 0.823. The van der Waals surface area contributed by atoms with Crippen LogP contribution < -0.4 is 20.7 Å². The van der Waals surface area contributed by atoms with Crippen LogP contribution in [0.4, 0.5) is 17.2 Å². The van der Waals surface area contributed by atoms with Gasteiger partial charge in [-0.15, -0.1) is 0 Å². The van der Waals surface area contributed by atoms with Gasteiger partial charge in [-0.1, -0.05) is 0 Å². The number of nitrogens with zero attached hydrogens (tertiary/aromatic N) is 3. The molecule has 0 atom stereocenters. The Morgan fingerprint density at radius 2 is 1.96 bits per heavy atom. The second-order valence-electron chi connectivity index (χ2n) is 6.10. The van der Waals surface area contributed by atoms with Crippen LogP contribution in [0.2, 0.25) is 0 Å². The monoisotopic (exact) mass is 341 g/mol. The van der Waals surface area contributed by atoms with Crippen LogP contribution in [0.5, 0.6) is 5.75 Å². The van der Waals surface area contributed by atoms with Crippen molar-refractivity contribution in [3.8, 4) is 5.75 Å². The number of ether oxygens (including phenoxy) is 1. The number of rotatable bonds is 4. The largest absolute Gasteiger partial charge is 0.497 e. The number of nitrogens with two attached hydrogens (primary N) is 1. The van der Waals surface area contributed by atoms with Crippen molar-refractivity contribution in [3.05, 3.63) is 42.1 Å². The van der Waals surface area contributed by atoms with Gasteiger partial charge in [0.2, 0.25) is 0 Å². The van der Waals surface area contributed by atoms with Crippen molar-refractivity contribution in [2.45, 2.75) is 0 Å². The van der Waals surface area contributed by atoms with Crippen LogP contribution >= 0.6 is 0 Å². The van der Waals surface area contributed by atoms with Gasteiger partial charge in [0, 0.05) is 44.0 Å². The number of carbonyl (C=O) groups excluding carboxylic acids is 1. The number of hydrogen-bond donors (Lipinski definition) is 2. The first-order chi connectivity index (χ1) is 12.1. The average Bonchev–Trinajstić information content (AvgIpc) is 2.64. The van der Waals surface area contributed by atoms with Crippen LogP contribution in [-0.4, -0.2) is 56.1 Å². The molecule has 0 radical (unpaired) electrons. The first kappa shape index (κ1) is 17.0. The van der Waals surface area contributed by atoms with Gasteiger partial charge >= 0.3 is 0 Å². The lowest BCUT2D eigenvalue weighted by molar-refractivity contribution is 0.102. The summed E-state index contributed by atoms with van der Waals surface area (Å²) < 4.78 is 5.18. The molecule has 1 fully saturated rings. The number of aromatic nitrogens is 1. The van der Waals surface area contributed by atoms with Gasteiger partial charge in [0.25, 0.3) is 5.91 Å². The molecule has 2 heterocycles. The van der Waals surface area contributed by atoms with E-state index in [1.54, 1.807) is 37.6 Å². The summed E-state index contributed by atoms with van der Waals surface area (Å²) in [5.74, 6) is 1.23. The standard InChI is InChI=1S/C18H23N5O2/c1-22-7-9-23(10-8-22)17-11-13(5-6-20-17)18(24)21-16-12-14(25-2)3-4-15(16)19/h3-6,11-12H,7-10,19H2,1-2H3,(H,21,24). The molecule has 1 aromatic carbocycles. The van der Waals surface area contributed by atoms with Crippen molar-refractivity contribution in [3.63, 3.8) is 0 Å². The summed E-state index contributed by atoms with van der Waals surface area (Å²) in [6.45, 7) is 3.77. The van der Waals surface area contributed by atoms with Gasteiger partial charge in [0.1, 0.15) is 11.6 Å². The lowest BCUT2D eigenvalue weighted by atomic mass is 10.2. The maximum Gasteiger partial charge on any atom is 0.255 e. The molecule has 3 N–H and O–H groups in total. The molecule has 7 heteroatoms. The van der Waals surface area contributed by atoms with Gasteiger partial charge in [-0.25, -0.2) is 4.98 Å². The number of nitrogen functional groups attached to an aromatic ring is 1. The molecule has 0 spiro atoms. The molecule has 132 valence electrons. The number of pyridine rings is 1. The lowest BCUT2D eigenvalue weighted by Crippen LogP contribution is -2.44. The van der Waals surface area contributed by atoms with Crippen LogP contribution in [0.25, 0.3) is 0 Å². The summed E-state index contributed by atoms with van der Waals surface area (Å²) in [6, 6.07) is 8.68. The number of carbonyl (C=O) groups is 1. The van der Waals surface area contributed by atoms with E-state index in [-0.39, 0.29) is 5.91 Å². The second kappa shape index (κ2) is 7.40. The third-order valence-electron chi connectivity index (χ3n) is 4.34. The lowest BCUT2D eigenvalue weighted by Gasteiger charge is -2.33. The summed E-state index contributed by atoms with van der Waals surface area (Å²) in [5, 5.41) is 2.84. The zero-order chi connectivity index (χ0) is 17.8. The Balaban J connectivity index is 1.75. The Morgan fingerprint density at radius 1 is 1.20 bits per heavy atom. The van der Waals surface area contributed by atoms with Gasteiger partial charge in [0.05, 0.1) is 18.5 Å². The van der Waals surface area contributed by atoms with Gasteiger partial charge < -0.3 is 25.6 Å². The van der Waals surface area contributed by atoms with Crippen molar-refractivity contribution in [2.75, 3.05) is 56.3 Å². The Kier molecular flexibility index (Phi) is 5.04. The van der Waals surface area contributed by atoms with Gasteiger partial charge in [-0.05, 0) is 31.3 Å². The Labute approximate surface area is 147 Å². The number of nitrogens with one attached hydrogen (secondary N) is 1. The van der Waals surface area contributed by atoms with E-state index in [1.165, 1.54) is 0 Å². The number of methoxy groups -OCH3 is 1. The minimum absolute atomic E-state index is 0.224. The molecule has 0 saturated carbocycles. The van der Waals surface area contributed by atoms with Crippen molar-refractivity contribution in [1.82, 2.24) is 9.88 Å². The van der Waals surface area contributed by atoms with Crippen molar-refractivity contribution in [1.29, 1.82) is 0 Å². The number of likely N-dealkylation sites (N-methyl/N-ethyl adjacent to an activating group) is 1. The fourth-order valence-electron chi connectivity index (χ4n) is 2.73. The van der Waals surface area contributed by atoms with Gasteiger partial charge in [0.15, 0.2) is 0 Å². The van der Waals surface area contributed by atoms with Gasteiger partial charge in [-0.2, -0.15) is 0 Å². The highest BCUT2D eigenvalue weighted by Gasteiger charge is 2.17. The van der Waals surface area contributed by atoms with Crippen LogP contribution in [-0.2, 0) is 0 Å². The maximum atomic E-state index is 12.6. The fourth-order valence-corrected chi connectivity index (χ4v) is 2.73. The third-order valence-corrected chi connectivity index (χ3v) is 4.34. The van der Waals surface area contributed by atoms with Crippen LogP contribution in [0.15, 0.2) is 36.5 Å². The molecule has 1 aliphatic rings. The first-order valence-electron chi connectivity index (χ1n) is 8.21. The molecule has 0 unspecified atom stereocenters. The molecule has 3 rings (SSSR count). The van der Waals surface area contributed by atoms with E-state index < -0.39 is 0 Å². The molecular weight excluding hydrogens is 318 g/mol. The summed E-state index contributed by atoms with van der Waals surface area (Å²) in [6.07, 6.45) is 1.66. The van der Waals surface area contributed by atoms with E-state index in [2.05, 4.69) is 27.1 Å². The molecule has 2 aromatic rings. The van der Waals surface area contributed by atoms with Crippen LogP contribution in [0.3, 0.4) is 0 Å². The van der Waals surface area contributed by atoms with E-state index >= 15 is 0 Å². The number of anilines is 3. The Morgan fingerprint density at radius 3 is 2.68 bits per heavy atom. The number of amides is 1. The van der Waals surface area contributed by atoms with Gasteiger partial charge in [-0.3, -0.25) is 4.79 Å². The summed E-state index contributed by atoms with van der Waals surface area (Å²) in [7, 11) is 3.68. The SMILES string of the molecule is COc1ccc(N)c(NC(=O)c2ccnc(N3CCN(C)CC3)c2)c1. The average molecular weight is 341 g/mol. The molecular formula is C18H23N5O2. The molecule has 0 bridgehead atoms. The van der Waals surface area contributed by atoms with E-state index in [1.807, 2.05) is 6.07 Å². The third kappa shape index (κ3) is 4.00. The zero-order valence-corrected chi connectivity index (χ0v) is 14.5. The topological polar surface area (TPSA) is 83.7 Å². The molecule has 7 nitrogen and oxygen atoms in total. The van der Waals surface area contributed by atoms with E-state index in [0.717, 1.165) is 32.0 Å². The van der Waals surface area contributed by atoms with E-state index in [9.17, 15) is 4.79 Å². The molecule has 1 amide bonds. The minimum atomic E-state index is -0.224. The molecule has 1 saturated heterocycles. The number of hydrogen-bond acceptors (Lipinski definition) is 6. The highest BCUT2D eigenvalue weighted by Crippen LogP contribution is 2.25. The molecule has 0 aliphatic carbocycles. The highest BCUT2D eigenvalue weighted by molar-refractivity contribution is 6.06. The van der Waals surface area contributed by atoms with Crippen LogP contribution in [0, 0.1) is 0 Å². The highest BCUT2D eigenvalue weighted by atomic mass is 16.5. The summed E-state index contributed by atoms with van der Waals surface area (Å²) in [5.41, 5.74) is 7.50. The Hall–Kier alpha value is -2.80. The second-order valence-corrected chi connectivity index (χ2v) is 6.10. The smallest absolute Gasteiger partial charge is 0.255 e. The van der Waals surface area contributed by atoms with E-state index in [0.29, 0.717) is 22.7 Å². The van der Waals surface area contributed by atoms with Crippen LogP contribution in [0.1, 0.15) is 10.4 Å². The predicted octanol–water partition coefficient (Wildman–Crippen LogP) is 1.68. The molecule has 1 aromatic heterocycles. The molecule has 1 aliphatic heterocycles. The van der Waals surface area contributed by atoms with Crippen molar-refractivity contribution >= 4 is 23.1 Å². The summed E-state index contributed by atoms with van der Waals surface area (Å²) >= 11 is 0. The number of benzene rings is 1. The molecule has 25 heavy (non-hydrogen) atoms. The number of piperazine rings is 1. The zero-order valence-electron chi connectivity index (χ0n) is 14.5. The first-order valence-corrected chi connectivity index (χ1v) is 8.21. The summed E-state index contributed by atoms with van der Waals surface area (Å²) in [4.78, 5) is 21.5. The minimum Gasteiger partial charge on any atom is -0.497 e. The van der Waals surface area contributed by atoms with E-state index in [4.69, 9.17) is 10.5 Å². The van der Waals surface area contributed by atoms with Crippen molar-refractivity contribution < 1.29 is 9.53 Å². The normalized spacial score (nSPS) is 15.0. The Bertz CT molecular complexity index is 757. The predicted molar refractivity (Wildman–Crippen MR) is 99.3 cm³/mol. The van der Waals surface area contributed by atoms with Crippen molar-refractivity contribution in [2.24, 2.45) is 0 Å².